The summed E-state index contributed by atoms with van der Waals surface area (Å²) >= 11 is 0. The van der Waals surface area contributed by atoms with Crippen LogP contribution < -0.4 is 14.8 Å². The van der Waals surface area contributed by atoms with Gasteiger partial charge in [0.05, 0.1) is 0 Å². The van der Waals surface area contributed by atoms with E-state index in [0.717, 1.165) is 5.56 Å². The maximum Gasteiger partial charge on any atom is 0.194 e. The van der Waals surface area contributed by atoms with Crippen LogP contribution in [0, 0.1) is 0 Å². The second-order valence-corrected chi connectivity index (χ2v) is 7.62. The predicted octanol–water partition coefficient (Wildman–Crippen LogP) is 3.82. The van der Waals surface area contributed by atoms with Crippen molar-refractivity contribution >= 4 is 11.9 Å². The highest BCUT2D eigenvalue weighted by molar-refractivity contribution is 5.96. The van der Waals surface area contributed by atoms with E-state index in [4.69, 9.17) is 9.47 Å². The Kier molecular flexibility index (Phi) is 7.79. The van der Waals surface area contributed by atoms with Gasteiger partial charge in [0.1, 0.15) is 12.7 Å². The molecule has 0 amide bonds. The molecule has 2 rings (SSSR count). The molecule has 2 N–H and O–H groups in total. The number of rotatable bonds is 9. The van der Waals surface area contributed by atoms with Gasteiger partial charge in [-0.05, 0) is 44.5 Å². The first-order chi connectivity index (χ1) is 13.2. The summed E-state index contributed by atoms with van der Waals surface area (Å²) in [4.78, 5) is 12.0. The molecule has 28 heavy (non-hydrogen) atoms. The number of para-hydroxylation sites is 2. The van der Waals surface area contributed by atoms with Crippen LogP contribution in [0.4, 0.5) is 0 Å². The van der Waals surface area contributed by atoms with E-state index >= 15 is 0 Å². The molecule has 150 valence electrons. The summed E-state index contributed by atoms with van der Waals surface area (Å²) < 4.78 is 11.6. The smallest absolute Gasteiger partial charge is 0.194 e. The lowest BCUT2D eigenvalue weighted by molar-refractivity contribution is -0.115. The third-order valence-electron chi connectivity index (χ3n) is 3.81. The fourth-order valence-electron chi connectivity index (χ4n) is 2.34. The van der Waals surface area contributed by atoms with Gasteiger partial charge in [0.2, 0.25) is 0 Å². The average molecular weight is 383 g/mol. The molecular weight excluding hydrogens is 354 g/mol. The highest BCUT2D eigenvalue weighted by Gasteiger charge is 2.15. The van der Waals surface area contributed by atoms with Crippen molar-refractivity contribution in [2.75, 3.05) is 13.2 Å². The van der Waals surface area contributed by atoms with Gasteiger partial charge in [-0.1, -0.05) is 42.5 Å². The number of allylic oxidation sites excluding steroid dienone is 1. The molecule has 5 heteroatoms. The highest BCUT2D eigenvalue weighted by Crippen LogP contribution is 2.29. The fraction of sp³-hybridized carbons (Fsp3) is 0.348. The summed E-state index contributed by atoms with van der Waals surface area (Å²) in [6.07, 6.45) is 1.03. The van der Waals surface area contributed by atoms with Gasteiger partial charge in [-0.2, -0.15) is 0 Å². The topological polar surface area (TPSA) is 67.8 Å². The number of β-amino-alcohol motifs (C(OH)–C–C–N with tert-alkyl or cyclic N) is 1. The van der Waals surface area contributed by atoms with Crippen LogP contribution in [-0.2, 0) is 4.79 Å². The quantitative estimate of drug-likeness (QED) is 0.509. The van der Waals surface area contributed by atoms with E-state index in [9.17, 15) is 9.90 Å². The van der Waals surface area contributed by atoms with Crippen LogP contribution in [0.15, 0.2) is 60.4 Å². The van der Waals surface area contributed by atoms with E-state index in [1.807, 2.05) is 57.2 Å². The number of carbonyl (C=O) groups is 1. The minimum absolute atomic E-state index is 0.0827. The number of nitrogens with one attached hydrogen (secondary N) is 1. The number of hydrogen-bond acceptors (Lipinski definition) is 5. The van der Waals surface area contributed by atoms with Crippen LogP contribution in [-0.4, -0.2) is 35.7 Å². The van der Waals surface area contributed by atoms with E-state index in [-0.39, 0.29) is 23.7 Å². The molecule has 0 aromatic heterocycles. The second kappa shape index (κ2) is 10.1. The van der Waals surface area contributed by atoms with Crippen LogP contribution in [0.1, 0.15) is 33.3 Å². The summed E-state index contributed by atoms with van der Waals surface area (Å²) in [7, 11) is 0. The van der Waals surface area contributed by atoms with Crippen molar-refractivity contribution < 1.29 is 19.4 Å². The van der Waals surface area contributed by atoms with Crippen molar-refractivity contribution in [1.82, 2.24) is 5.32 Å². The average Bonchev–Trinajstić information content (AvgIpc) is 2.65. The molecule has 0 radical (unpaired) electrons. The Balaban J connectivity index is 2.08. The highest BCUT2D eigenvalue weighted by atomic mass is 16.5. The molecule has 2 aromatic rings. The largest absolute Gasteiger partial charge is 0.487 e. The zero-order chi connectivity index (χ0) is 20.6. The molecule has 5 nitrogen and oxygen atoms in total. The fourth-order valence-corrected chi connectivity index (χ4v) is 2.34. The first kappa shape index (κ1) is 21.7. The summed E-state index contributed by atoms with van der Waals surface area (Å²) in [6.45, 7) is 8.09. The normalized spacial score (nSPS) is 13.1. The Labute approximate surface area is 167 Å². The lowest BCUT2D eigenvalue weighted by Gasteiger charge is -2.23. The first-order valence-corrected chi connectivity index (χ1v) is 9.35. The van der Waals surface area contributed by atoms with Crippen LogP contribution in [0.25, 0.3) is 6.08 Å². The molecule has 0 aliphatic heterocycles. The molecule has 0 fully saturated rings. The van der Waals surface area contributed by atoms with Crippen molar-refractivity contribution in [2.24, 2.45) is 0 Å². The molecule has 2 aromatic carbocycles. The minimum atomic E-state index is -0.667. The van der Waals surface area contributed by atoms with Gasteiger partial charge < -0.3 is 19.9 Å². The summed E-state index contributed by atoms with van der Waals surface area (Å²) in [5, 5.41) is 13.4. The zero-order valence-electron chi connectivity index (χ0n) is 16.9. The van der Waals surface area contributed by atoms with Gasteiger partial charge in [0.25, 0.3) is 0 Å². The predicted molar refractivity (Wildman–Crippen MR) is 111 cm³/mol. The Morgan fingerprint density at radius 3 is 2.29 bits per heavy atom. The van der Waals surface area contributed by atoms with Crippen LogP contribution in [0.3, 0.4) is 0 Å². The van der Waals surface area contributed by atoms with Crippen LogP contribution in [0.5, 0.6) is 11.5 Å². The van der Waals surface area contributed by atoms with Crippen molar-refractivity contribution in [1.29, 1.82) is 0 Å². The first-order valence-electron chi connectivity index (χ1n) is 9.35. The monoisotopic (exact) mass is 383 g/mol. The molecule has 0 saturated heterocycles. The molecule has 0 bridgehead atoms. The molecule has 0 spiro atoms. The van der Waals surface area contributed by atoms with Gasteiger partial charge in [0.15, 0.2) is 23.0 Å². The number of ketones is 1. The van der Waals surface area contributed by atoms with Gasteiger partial charge in [-0.3, -0.25) is 4.79 Å². The van der Waals surface area contributed by atoms with Gasteiger partial charge in [-0.25, -0.2) is 0 Å². The lowest BCUT2D eigenvalue weighted by Crippen LogP contribution is -2.42. The van der Waals surface area contributed by atoms with E-state index < -0.39 is 6.10 Å². The number of Topliss-reactive ketones (excluding diaryl/α,β-unsaturated/α-hetero) is 1. The maximum absolute atomic E-state index is 12.0. The van der Waals surface area contributed by atoms with Crippen molar-refractivity contribution in [3.8, 4) is 11.5 Å². The molecular formula is C23H29NO4. The summed E-state index contributed by atoms with van der Waals surface area (Å²) in [5.41, 5.74) is 0.787. The van der Waals surface area contributed by atoms with Gasteiger partial charge in [0, 0.05) is 19.0 Å². The Morgan fingerprint density at radius 2 is 1.68 bits per heavy atom. The number of aliphatic hydroxyl groups excluding tert-OH is 1. The minimum Gasteiger partial charge on any atom is -0.487 e. The SMILES string of the molecule is CC(=O)/C(=C\c1ccccc1)Oc1ccccc1OCC(O)CNC(C)(C)C. The maximum atomic E-state index is 12.0. The Morgan fingerprint density at radius 1 is 1.07 bits per heavy atom. The van der Waals surface area contributed by atoms with E-state index in [2.05, 4.69) is 5.32 Å². The molecule has 1 atom stereocenters. The molecule has 0 heterocycles. The molecule has 1 unspecified atom stereocenters. The van der Waals surface area contributed by atoms with Crippen molar-refractivity contribution in [3.63, 3.8) is 0 Å². The molecule has 0 aliphatic carbocycles. The third kappa shape index (κ3) is 7.55. The Hall–Kier alpha value is -2.63. The number of benzene rings is 2. The number of aliphatic hydroxyl groups is 1. The number of carbonyl (C=O) groups excluding carboxylic acids is 1. The van der Waals surface area contributed by atoms with Crippen molar-refractivity contribution in [2.45, 2.75) is 39.3 Å². The number of hydrogen-bond donors (Lipinski definition) is 2. The molecule has 0 aliphatic rings. The number of ether oxygens (including phenoxy) is 2. The molecule has 0 saturated carbocycles. The van der Waals surface area contributed by atoms with Crippen LogP contribution >= 0.6 is 0 Å². The standard InChI is InChI=1S/C23H29NO4/c1-17(25)22(14-18-10-6-5-7-11-18)28-21-13-9-8-12-20(21)27-16-19(26)15-24-23(2,3)4/h5-14,19,24,26H,15-16H2,1-4H3/b22-14+. The van der Waals surface area contributed by atoms with E-state index in [0.29, 0.717) is 18.0 Å². The summed E-state index contributed by atoms with van der Waals surface area (Å²) in [6, 6.07) is 16.6. The lowest BCUT2D eigenvalue weighted by atomic mass is 10.1. The van der Waals surface area contributed by atoms with E-state index in [1.165, 1.54) is 6.92 Å². The van der Waals surface area contributed by atoms with Gasteiger partial charge >= 0.3 is 0 Å². The van der Waals surface area contributed by atoms with E-state index in [1.54, 1.807) is 24.3 Å². The summed E-state index contributed by atoms with van der Waals surface area (Å²) in [5.74, 6) is 0.929. The van der Waals surface area contributed by atoms with Gasteiger partial charge in [-0.15, -0.1) is 0 Å². The van der Waals surface area contributed by atoms with Crippen molar-refractivity contribution in [3.05, 3.63) is 65.9 Å². The Bertz CT molecular complexity index is 794. The zero-order valence-corrected chi connectivity index (χ0v) is 16.9. The van der Waals surface area contributed by atoms with Crippen LogP contribution in [0.2, 0.25) is 0 Å². The second-order valence-electron chi connectivity index (χ2n) is 7.62. The third-order valence-corrected chi connectivity index (χ3v) is 3.81.